The first-order chi connectivity index (χ1) is 16.7. The Labute approximate surface area is 200 Å². The van der Waals surface area contributed by atoms with E-state index in [2.05, 4.69) is 15.6 Å². The summed E-state index contributed by atoms with van der Waals surface area (Å²) in [6.45, 7) is 5.56. The maximum Gasteiger partial charge on any atom is 0.280 e. The van der Waals surface area contributed by atoms with Gasteiger partial charge in [-0.05, 0) is 50.6 Å². The van der Waals surface area contributed by atoms with Gasteiger partial charge in [0.05, 0.1) is 11.0 Å². The highest BCUT2D eigenvalue weighted by atomic mass is 19.1. The molecule has 0 bridgehead atoms. The molecular weight excluding hydrogens is 445 g/mol. The van der Waals surface area contributed by atoms with Crippen molar-refractivity contribution in [1.29, 1.82) is 0 Å². The van der Waals surface area contributed by atoms with E-state index in [0.717, 1.165) is 5.56 Å². The number of carbonyl (C=O) groups is 1. The van der Waals surface area contributed by atoms with Crippen molar-refractivity contribution in [2.24, 2.45) is 0 Å². The molecule has 3 aromatic carbocycles. The predicted molar refractivity (Wildman–Crippen MR) is 133 cm³/mol. The molecule has 35 heavy (non-hydrogen) atoms. The zero-order chi connectivity index (χ0) is 24.7. The van der Waals surface area contributed by atoms with Crippen LogP contribution < -0.4 is 10.9 Å². The smallest absolute Gasteiger partial charge is 0.280 e. The molecule has 1 atom stereocenters. The third-order valence-corrected chi connectivity index (χ3v) is 5.68. The van der Waals surface area contributed by atoms with Crippen molar-refractivity contribution in [3.63, 3.8) is 0 Å². The van der Waals surface area contributed by atoms with Gasteiger partial charge < -0.3 is 5.32 Å². The topological polar surface area (TPSA) is 81.3 Å². The number of benzene rings is 3. The van der Waals surface area contributed by atoms with Gasteiger partial charge in [-0.15, -0.1) is 5.10 Å². The Hall–Kier alpha value is -4.33. The minimum atomic E-state index is -1.12. The van der Waals surface area contributed by atoms with Crippen LogP contribution in [0.3, 0.4) is 0 Å². The minimum absolute atomic E-state index is 0.236. The van der Waals surface area contributed by atoms with Gasteiger partial charge in [0.1, 0.15) is 17.6 Å². The first-order valence-corrected chi connectivity index (χ1v) is 11.3. The fourth-order valence-electron chi connectivity index (χ4n) is 4.29. The second-order valence-corrected chi connectivity index (χ2v) is 9.43. The van der Waals surface area contributed by atoms with Gasteiger partial charge >= 0.3 is 0 Å². The fraction of sp³-hybridized carbons (Fsp3) is 0.185. The van der Waals surface area contributed by atoms with Crippen molar-refractivity contribution in [3.05, 3.63) is 101 Å². The number of fused-ring (bicyclic) bond motifs is 3. The summed E-state index contributed by atoms with van der Waals surface area (Å²) in [7, 11) is 0. The number of amides is 1. The molecule has 0 spiro atoms. The van der Waals surface area contributed by atoms with E-state index in [-0.39, 0.29) is 5.52 Å². The third kappa shape index (κ3) is 4.07. The van der Waals surface area contributed by atoms with E-state index < -0.39 is 28.9 Å². The average molecular weight is 470 g/mol. The molecular formula is C27H24FN5O2. The molecule has 2 aromatic heterocycles. The first kappa shape index (κ1) is 22.5. The van der Waals surface area contributed by atoms with E-state index in [9.17, 15) is 14.0 Å². The number of carbonyl (C=O) groups excluding carboxylic acids is 1. The van der Waals surface area contributed by atoms with Gasteiger partial charge in [-0.25, -0.2) is 8.91 Å². The van der Waals surface area contributed by atoms with Crippen molar-refractivity contribution in [1.82, 2.24) is 24.7 Å². The first-order valence-electron chi connectivity index (χ1n) is 11.3. The SMILES string of the molecule is CC(C)(C)NC(=O)C(c1cccc(F)c1)n1c(=O)c2c(-c3ccccc3)nnn2c2ccccc21. The van der Waals surface area contributed by atoms with E-state index >= 15 is 0 Å². The number of nitrogens with zero attached hydrogens (tertiary/aromatic N) is 4. The van der Waals surface area contributed by atoms with Crippen molar-refractivity contribution in [2.45, 2.75) is 32.4 Å². The summed E-state index contributed by atoms with van der Waals surface area (Å²) in [6, 6.07) is 21.1. The number of halogens is 1. The molecule has 5 aromatic rings. The van der Waals surface area contributed by atoms with Crippen molar-refractivity contribution < 1.29 is 9.18 Å². The molecule has 5 rings (SSSR count). The summed E-state index contributed by atoms with van der Waals surface area (Å²) >= 11 is 0. The van der Waals surface area contributed by atoms with Gasteiger partial charge in [0, 0.05) is 11.1 Å². The number of aromatic nitrogens is 4. The minimum Gasteiger partial charge on any atom is -0.349 e. The quantitative estimate of drug-likeness (QED) is 0.424. The second kappa shape index (κ2) is 8.47. The normalized spacial score (nSPS) is 12.7. The molecule has 0 saturated heterocycles. The average Bonchev–Trinajstić information content (AvgIpc) is 3.27. The largest absolute Gasteiger partial charge is 0.349 e. The van der Waals surface area contributed by atoms with Gasteiger partial charge in [0.2, 0.25) is 5.91 Å². The van der Waals surface area contributed by atoms with Gasteiger partial charge in [-0.1, -0.05) is 59.8 Å². The lowest BCUT2D eigenvalue weighted by molar-refractivity contribution is -0.124. The highest BCUT2D eigenvalue weighted by molar-refractivity contribution is 5.89. The molecule has 8 heteroatoms. The molecule has 1 unspecified atom stereocenters. The Bertz CT molecular complexity index is 1620. The summed E-state index contributed by atoms with van der Waals surface area (Å²) in [6.07, 6.45) is 0. The summed E-state index contributed by atoms with van der Waals surface area (Å²) in [5, 5.41) is 11.5. The van der Waals surface area contributed by atoms with E-state index in [4.69, 9.17) is 0 Å². The van der Waals surface area contributed by atoms with Crippen LogP contribution in [-0.2, 0) is 4.79 Å². The molecule has 2 heterocycles. The number of para-hydroxylation sites is 2. The predicted octanol–water partition coefficient (Wildman–Crippen LogP) is 4.35. The van der Waals surface area contributed by atoms with Crippen LogP contribution in [0.5, 0.6) is 0 Å². The lowest BCUT2D eigenvalue weighted by atomic mass is 10.0. The maximum absolute atomic E-state index is 14.3. The fourth-order valence-corrected chi connectivity index (χ4v) is 4.29. The van der Waals surface area contributed by atoms with Crippen LogP contribution in [0.25, 0.3) is 27.8 Å². The van der Waals surface area contributed by atoms with E-state index in [1.807, 2.05) is 63.2 Å². The molecule has 0 radical (unpaired) electrons. The van der Waals surface area contributed by atoms with Crippen molar-refractivity contribution >= 4 is 22.5 Å². The molecule has 176 valence electrons. The molecule has 0 saturated carbocycles. The van der Waals surface area contributed by atoms with Crippen LogP contribution in [0.15, 0.2) is 83.7 Å². The molecule has 1 amide bonds. The van der Waals surface area contributed by atoms with Gasteiger partial charge in [-0.3, -0.25) is 14.2 Å². The lowest BCUT2D eigenvalue weighted by Crippen LogP contribution is -2.46. The standard InChI is InChI=1S/C27H24FN5O2/c1-27(2,3)29-25(34)23(18-12-9-13-19(28)16-18)32-20-14-7-8-15-21(20)33-24(26(32)35)22(30-31-33)17-10-5-4-6-11-17/h4-16,23H,1-3H3,(H,29,34). The van der Waals surface area contributed by atoms with Crippen molar-refractivity contribution in [3.8, 4) is 11.3 Å². The van der Waals surface area contributed by atoms with Crippen LogP contribution in [0.4, 0.5) is 4.39 Å². The highest BCUT2D eigenvalue weighted by Gasteiger charge is 2.30. The van der Waals surface area contributed by atoms with Crippen LogP contribution >= 0.6 is 0 Å². The van der Waals surface area contributed by atoms with Crippen LogP contribution in [0, 0.1) is 5.82 Å². The third-order valence-electron chi connectivity index (χ3n) is 5.68. The Balaban J connectivity index is 1.88. The van der Waals surface area contributed by atoms with Crippen molar-refractivity contribution in [2.75, 3.05) is 0 Å². The monoisotopic (exact) mass is 469 g/mol. The van der Waals surface area contributed by atoms with E-state index in [0.29, 0.717) is 22.3 Å². The zero-order valence-corrected chi connectivity index (χ0v) is 19.6. The van der Waals surface area contributed by atoms with E-state index in [1.54, 1.807) is 18.2 Å². The molecule has 1 N–H and O–H groups in total. The van der Waals surface area contributed by atoms with Crippen LogP contribution in [0.1, 0.15) is 32.4 Å². The molecule has 0 aliphatic rings. The molecule has 0 fully saturated rings. The van der Waals surface area contributed by atoms with Crippen LogP contribution in [-0.4, -0.2) is 30.8 Å². The second-order valence-electron chi connectivity index (χ2n) is 9.43. The summed E-state index contributed by atoms with van der Waals surface area (Å²) in [4.78, 5) is 27.8. The summed E-state index contributed by atoms with van der Waals surface area (Å²) in [5.41, 5.74) is 1.78. The summed E-state index contributed by atoms with van der Waals surface area (Å²) in [5.74, 6) is -0.918. The van der Waals surface area contributed by atoms with E-state index in [1.165, 1.54) is 27.3 Å². The molecule has 0 aliphatic carbocycles. The van der Waals surface area contributed by atoms with Gasteiger partial charge in [0.15, 0.2) is 5.52 Å². The Morgan fingerprint density at radius 1 is 0.943 bits per heavy atom. The Morgan fingerprint density at radius 2 is 1.63 bits per heavy atom. The number of hydrogen-bond acceptors (Lipinski definition) is 4. The lowest BCUT2D eigenvalue weighted by Gasteiger charge is -2.27. The summed E-state index contributed by atoms with van der Waals surface area (Å²) < 4.78 is 17.2. The number of hydrogen-bond donors (Lipinski definition) is 1. The molecule has 0 aliphatic heterocycles. The number of nitrogens with one attached hydrogen (secondary N) is 1. The highest BCUT2D eigenvalue weighted by Crippen LogP contribution is 2.27. The Morgan fingerprint density at radius 3 is 2.31 bits per heavy atom. The maximum atomic E-state index is 14.3. The van der Waals surface area contributed by atoms with Gasteiger partial charge in [-0.2, -0.15) is 0 Å². The van der Waals surface area contributed by atoms with Crippen LogP contribution in [0.2, 0.25) is 0 Å². The molecule has 7 nitrogen and oxygen atoms in total. The zero-order valence-electron chi connectivity index (χ0n) is 19.6. The Kier molecular flexibility index (Phi) is 5.43. The number of rotatable bonds is 4. The van der Waals surface area contributed by atoms with Gasteiger partial charge in [0.25, 0.3) is 5.56 Å².